The van der Waals surface area contributed by atoms with E-state index in [0.717, 1.165) is 26.3 Å². The number of fused-ring (bicyclic) bond motifs is 2. The molecule has 27 heavy (non-hydrogen) atoms. The van der Waals surface area contributed by atoms with Crippen molar-refractivity contribution in [1.29, 1.82) is 0 Å². The molecular weight excluding hydrogens is 410 g/mol. The monoisotopic (exact) mass is 423 g/mol. The first-order valence-corrected chi connectivity index (χ1v) is 9.10. The largest absolute Gasteiger partial charge is 0.461 e. The molecule has 2 aromatic heterocycles. The first-order chi connectivity index (χ1) is 13.1. The van der Waals surface area contributed by atoms with Crippen molar-refractivity contribution in [2.45, 2.75) is 13.0 Å². The molecule has 0 N–H and O–H groups in total. The molecule has 2 aromatic carbocycles. The summed E-state index contributed by atoms with van der Waals surface area (Å²) in [5, 5.41) is 1.71. The number of halogens is 1. The fourth-order valence-corrected chi connectivity index (χ4v) is 3.34. The van der Waals surface area contributed by atoms with Crippen LogP contribution in [0, 0.1) is 0 Å². The summed E-state index contributed by atoms with van der Waals surface area (Å²) in [5.41, 5.74) is 2.16. The number of pyridine rings is 1. The third-order valence-corrected chi connectivity index (χ3v) is 4.73. The smallest absolute Gasteiger partial charge is 0.336 e. The third kappa shape index (κ3) is 3.75. The molecule has 0 aliphatic rings. The summed E-state index contributed by atoms with van der Waals surface area (Å²) in [6, 6.07) is 16.2. The molecule has 134 valence electrons. The van der Waals surface area contributed by atoms with Crippen molar-refractivity contribution in [2.75, 3.05) is 0 Å². The Bertz CT molecular complexity index is 1210. The van der Waals surface area contributed by atoms with Gasteiger partial charge in [0.1, 0.15) is 12.2 Å². The summed E-state index contributed by atoms with van der Waals surface area (Å²) in [6.07, 6.45) is 1.81. The minimum absolute atomic E-state index is 0.000754. The van der Waals surface area contributed by atoms with Gasteiger partial charge in [0.2, 0.25) is 0 Å². The highest BCUT2D eigenvalue weighted by Gasteiger charge is 2.12. The van der Waals surface area contributed by atoms with E-state index in [2.05, 4.69) is 20.9 Å². The van der Waals surface area contributed by atoms with E-state index in [1.54, 1.807) is 12.3 Å². The molecule has 0 amide bonds. The van der Waals surface area contributed by atoms with Gasteiger partial charge in [0, 0.05) is 33.1 Å². The predicted octanol–water partition coefficient (Wildman–Crippen LogP) is 4.39. The number of carbonyl (C=O) groups excluding carboxylic acids is 1. The molecule has 0 unspecified atom stereocenters. The second-order valence-electron chi connectivity index (χ2n) is 6.06. The van der Waals surface area contributed by atoms with E-state index in [1.165, 1.54) is 6.07 Å². The van der Waals surface area contributed by atoms with Gasteiger partial charge in [0.15, 0.2) is 0 Å². The second kappa shape index (κ2) is 7.32. The zero-order valence-electron chi connectivity index (χ0n) is 14.1. The van der Waals surface area contributed by atoms with E-state index in [4.69, 9.17) is 9.15 Å². The number of para-hydroxylation sites is 1. The molecule has 4 aromatic rings. The van der Waals surface area contributed by atoms with Crippen LogP contribution in [-0.2, 0) is 22.6 Å². The Morgan fingerprint density at radius 2 is 1.93 bits per heavy atom. The van der Waals surface area contributed by atoms with E-state index < -0.39 is 5.63 Å². The number of carbonyl (C=O) groups is 1. The van der Waals surface area contributed by atoms with Crippen molar-refractivity contribution in [3.8, 4) is 0 Å². The van der Waals surface area contributed by atoms with Crippen molar-refractivity contribution >= 4 is 43.8 Å². The topological polar surface area (TPSA) is 69.4 Å². The number of hydrogen-bond donors (Lipinski definition) is 0. The van der Waals surface area contributed by atoms with Gasteiger partial charge in [-0.3, -0.25) is 9.78 Å². The number of benzene rings is 2. The van der Waals surface area contributed by atoms with Crippen molar-refractivity contribution in [3.05, 3.63) is 86.8 Å². The molecule has 2 heterocycles. The van der Waals surface area contributed by atoms with Crippen molar-refractivity contribution in [2.24, 2.45) is 0 Å². The van der Waals surface area contributed by atoms with E-state index in [0.29, 0.717) is 11.1 Å². The number of ether oxygens (including phenoxy) is 1. The van der Waals surface area contributed by atoms with Crippen molar-refractivity contribution in [3.63, 3.8) is 0 Å². The van der Waals surface area contributed by atoms with Gasteiger partial charge in [-0.1, -0.05) is 40.2 Å². The highest BCUT2D eigenvalue weighted by molar-refractivity contribution is 9.10. The van der Waals surface area contributed by atoms with Gasteiger partial charge in [-0.2, -0.15) is 0 Å². The van der Waals surface area contributed by atoms with Gasteiger partial charge >= 0.3 is 11.6 Å². The Morgan fingerprint density at radius 1 is 1.07 bits per heavy atom. The van der Waals surface area contributed by atoms with Crippen LogP contribution in [0.15, 0.2) is 74.5 Å². The number of aromatic nitrogens is 1. The van der Waals surface area contributed by atoms with Crippen LogP contribution in [0.5, 0.6) is 0 Å². The van der Waals surface area contributed by atoms with E-state index >= 15 is 0 Å². The molecule has 0 saturated carbocycles. The first-order valence-electron chi connectivity index (χ1n) is 8.31. The fraction of sp³-hybridized carbons (Fsp3) is 0.0952. The minimum atomic E-state index is -0.482. The van der Waals surface area contributed by atoms with E-state index in [1.807, 2.05) is 42.5 Å². The molecule has 0 saturated heterocycles. The van der Waals surface area contributed by atoms with Crippen LogP contribution in [0.2, 0.25) is 0 Å². The third-order valence-electron chi connectivity index (χ3n) is 4.23. The molecule has 0 aliphatic heterocycles. The lowest BCUT2D eigenvalue weighted by Crippen LogP contribution is -2.10. The Hall–Kier alpha value is -2.99. The minimum Gasteiger partial charge on any atom is -0.461 e. The van der Waals surface area contributed by atoms with Crippen LogP contribution in [0.1, 0.15) is 11.1 Å². The summed E-state index contributed by atoms with van der Waals surface area (Å²) in [7, 11) is 0. The van der Waals surface area contributed by atoms with Crippen LogP contribution in [0.25, 0.3) is 21.9 Å². The number of esters is 1. The highest BCUT2D eigenvalue weighted by Crippen LogP contribution is 2.22. The fourth-order valence-electron chi connectivity index (χ4n) is 3.00. The van der Waals surface area contributed by atoms with E-state index in [-0.39, 0.29) is 19.0 Å². The SMILES string of the molecule is O=C(Cc1cccc2cccnc12)OCc1cc(=O)oc2cc(Br)ccc12. The normalized spacial score (nSPS) is 11.0. The van der Waals surface area contributed by atoms with Crippen molar-refractivity contribution in [1.82, 2.24) is 4.98 Å². The lowest BCUT2D eigenvalue weighted by Gasteiger charge is -2.08. The highest BCUT2D eigenvalue weighted by atomic mass is 79.9. The van der Waals surface area contributed by atoms with Crippen LogP contribution in [0.3, 0.4) is 0 Å². The maximum atomic E-state index is 12.3. The molecule has 4 rings (SSSR count). The van der Waals surface area contributed by atoms with Gasteiger partial charge < -0.3 is 9.15 Å². The second-order valence-corrected chi connectivity index (χ2v) is 6.98. The van der Waals surface area contributed by atoms with Crippen LogP contribution in [0.4, 0.5) is 0 Å². The van der Waals surface area contributed by atoms with Crippen LogP contribution >= 0.6 is 15.9 Å². The Kier molecular flexibility index (Phi) is 4.73. The van der Waals surface area contributed by atoms with Gasteiger partial charge in [-0.05, 0) is 29.8 Å². The average Bonchev–Trinajstić information content (AvgIpc) is 2.66. The molecule has 0 radical (unpaired) electrons. The molecule has 0 atom stereocenters. The number of nitrogens with zero attached hydrogens (tertiary/aromatic N) is 1. The molecular formula is C21H14BrNO4. The summed E-state index contributed by atoms with van der Waals surface area (Å²) < 4.78 is 11.4. The molecule has 0 spiro atoms. The average molecular weight is 424 g/mol. The lowest BCUT2D eigenvalue weighted by molar-refractivity contribution is -0.144. The molecule has 0 aliphatic carbocycles. The quantitative estimate of drug-likeness (QED) is 0.359. The summed E-state index contributed by atoms with van der Waals surface area (Å²) in [4.78, 5) is 28.5. The summed E-state index contributed by atoms with van der Waals surface area (Å²) in [6.45, 7) is 0.000754. The van der Waals surface area contributed by atoms with Gasteiger partial charge in [-0.25, -0.2) is 4.79 Å². The van der Waals surface area contributed by atoms with Crippen LogP contribution in [-0.4, -0.2) is 11.0 Å². The first kappa shape index (κ1) is 17.4. The van der Waals surface area contributed by atoms with Gasteiger partial charge in [0.05, 0.1) is 11.9 Å². The zero-order chi connectivity index (χ0) is 18.8. The molecule has 0 bridgehead atoms. The maximum absolute atomic E-state index is 12.3. The predicted molar refractivity (Wildman–Crippen MR) is 105 cm³/mol. The Labute approximate surface area is 162 Å². The molecule has 6 heteroatoms. The Morgan fingerprint density at radius 3 is 2.81 bits per heavy atom. The van der Waals surface area contributed by atoms with Crippen LogP contribution < -0.4 is 5.63 Å². The van der Waals surface area contributed by atoms with Crippen molar-refractivity contribution < 1.29 is 13.9 Å². The molecule has 5 nitrogen and oxygen atoms in total. The zero-order valence-corrected chi connectivity index (χ0v) is 15.7. The summed E-state index contributed by atoms with van der Waals surface area (Å²) >= 11 is 3.35. The number of rotatable bonds is 4. The Balaban J connectivity index is 1.54. The lowest BCUT2D eigenvalue weighted by atomic mass is 10.1. The molecule has 0 fully saturated rings. The van der Waals surface area contributed by atoms with Gasteiger partial charge in [-0.15, -0.1) is 0 Å². The summed E-state index contributed by atoms with van der Waals surface area (Å²) in [5.74, 6) is -0.383. The standard InChI is InChI=1S/C21H14BrNO4/c22-16-6-7-17-15(10-20(25)27-18(17)11-16)12-26-19(24)9-14-4-1-3-13-5-2-8-23-21(13)14/h1-8,10-11H,9,12H2. The van der Waals surface area contributed by atoms with E-state index in [9.17, 15) is 9.59 Å². The van der Waals surface area contributed by atoms with Gasteiger partial charge in [0.25, 0.3) is 0 Å². The maximum Gasteiger partial charge on any atom is 0.336 e. The number of hydrogen-bond acceptors (Lipinski definition) is 5.